The molecule has 15 nitrogen and oxygen atoms in total. The molecule has 0 bridgehead atoms. The van der Waals surface area contributed by atoms with E-state index in [1.807, 2.05) is 18.2 Å². The molecule has 0 aromatic rings. The molecule has 1 rings (SSSR count). The van der Waals surface area contributed by atoms with Crippen LogP contribution in [0.15, 0.2) is 24.3 Å². The number of unbranched alkanes of at least 4 members (excludes halogenated alkanes) is 21. The molecule has 0 radical (unpaired) electrons. The molecule has 1 aliphatic carbocycles. The van der Waals surface area contributed by atoms with Crippen LogP contribution in [-0.4, -0.2) is 110 Å². The maximum atomic E-state index is 12.8. The Bertz CT molecular complexity index is 1190. The minimum atomic E-state index is -5.14. The van der Waals surface area contributed by atoms with Crippen LogP contribution in [0, 0.1) is 0 Å². The van der Waals surface area contributed by atoms with E-state index in [2.05, 4.69) is 24.8 Å². The summed E-state index contributed by atoms with van der Waals surface area (Å²) in [4.78, 5) is 40.2. The highest BCUT2D eigenvalue weighted by atomic mass is 31.2. The normalized spacial score (nSPS) is 22.7. The molecule has 1 fully saturated rings. The lowest BCUT2D eigenvalue weighted by Crippen LogP contribution is -2.64. The van der Waals surface area contributed by atoms with Gasteiger partial charge in [-0.05, 0) is 32.1 Å². The Morgan fingerprint density at radius 3 is 1.57 bits per heavy atom. The highest BCUT2D eigenvalue weighted by molar-refractivity contribution is 7.47. The van der Waals surface area contributed by atoms with Gasteiger partial charge in [0.1, 0.15) is 49.3 Å². The van der Waals surface area contributed by atoms with Crippen molar-refractivity contribution in [3.8, 4) is 0 Å². The van der Waals surface area contributed by atoms with Crippen molar-refractivity contribution < 1.29 is 73.2 Å². The third kappa shape index (κ3) is 28.6. The lowest BCUT2D eigenvalue weighted by atomic mass is 9.85. The second-order valence-corrected chi connectivity index (χ2v) is 17.9. The highest BCUT2D eigenvalue weighted by Gasteiger charge is 2.51. The number of aliphatic hydroxyl groups is 5. The first kappa shape index (κ1) is 57.3. The Morgan fingerprint density at radius 2 is 1.05 bits per heavy atom. The summed E-state index contributed by atoms with van der Waals surface area (Å²) in [5.41, 5.74) is 0. The maximum absolute atomic E-state index is 12.8. The second-order valence-electron chi connectivity index (χ2n) is 16.5. The average Bonchev–Trinajstić information content (AvgIpc) is 3.24. The Labute approximate surface area is 365 Å². The van der Waals surface area contributed by atoms with E-state index in [1.54, 1.807) is 0 Å². The zero-order valence-electron chi connectivity index (χ0n) is 37.3. The lowest BCUT2D eigenvalue weighted by Gasteiger charge is -2.41. The summed E-state index contributed by atoms with van der Waals surface area (Å²) in [6, 6.07) is 0. The smallest absolute Gasteiger partial charge is 0.462 e. The van der Waals surface area contributed by atoms with Gasteiger partial charge in [-0.3, -0.25) is 23.9 Å². The number of phosphoric ester groups is 1. The Hall–Kier alpha value is -1.75. The molecule has 0 saturated heterocycles. The van der Waals surface area contributed by atoms with Gasteiger partial charge >= 0.3 is 19.8 Å². The predicted molar refractivity (Wildman–Crippen MR) is 233 cm³/mol. The molecule has 7 N–H and O–H groups in total. The van der Waals surface area contributed by atoms with Crippen molar-refractivity contribution >= 4 is 19.8 Å². The molecular weight excluding hydrogens is 811 g/mol. The molecule has 7 atom stereocenters. The average molecular weight is 895 g/mol. The van der Waals surface area contributed by atoms with E-state index in [-0.39, 0.29) is 18.9 Å². The summed E-state index contributed by atoms with van der Waals surface area (Å²) in [5.74, 6) is -1.15. The fourth-order valence-electron chi connectivity index (χ4n) is 7.15. The summed E-state index contributed by atoms with van der Waals surface area (Å²) in [6.45, 7) is 3.14. The molecule has 0 aliphatic heterocycles. The quantitative estimate of drug-likeness (QED) is 0.00767. The summed E-state index contributed by atoms with van der Waals surface area (Å²) in [5, 5.41) is 59.2. The van der Waals surface area contributed by atoms with Gasteiger partial charge in [0.25, 0.3) is 0 Å². The first-order valence-corrected chi connectivity index (χ1v) is 24.9. The van der Waals surface area contributed by atoms with E-state index >= 15 is 0 Å². The molecular formula is C45H83O15P. The molecule has 0 aromatic carbocycles. The Morgan fingerprint density at radius 1 is 0.590 bits per heavy atom. The predicted octanol–water partition coefficient (Wildman–Crippen LogP) is 8.30. The summed E-state index contributed by atoms with van der Waals surface area (Å²) in [7, 11) is -5.14. The van der Waals surface area contributed by atoms with Crippen LogP contribution < -0.4 is 0 Å². The van der Waals surface area contributed by atoms with Crippen LogP contribution in [0.3, 0.4) is 0 Å². The van der Waals surface area contributed by atoms with E-state index in [0.717, 1.165) is 77.0 Å². The maximum Gasteiger partial charge on any atom is 0.472 e. The van der Waals surface area contributed by atoms with E-state index < -0.39 is 75.7 Å². The third-order valence-electron chi connectivity index (χ3n) is 11.0. The minimum absolute atomic E-state index is 0.0481. The number of hydrogen-bond acceptors (Lipinski definition) is 14. The van der Waals surface area contributed by atoms with Gasteiger partial charge in [0.2, 0.25) is 0 Å². The second kappa shape index (κ2) is 36.6. The summed E-state index contributed by atoms with van der Waals surface area (Å²) < 4.78 is 33.5. The topological polar surface area (TPSA) is 239 Å². The molecule has 0 amide bonds. The molecule has 0 aromatic heterocycles. The summed E-state index contributed by atoms with van der Waals surface area (Å²) in [6.07, 6.45) is 21.1. The van der Waals surface area contributed by atoms with Crippen LogP contribution in [0.5, 0.6) is 0 Å². The molecule has 358 valence electrons. The zero-order valence-corrected chi connectivity index (χ0v) is 38.2. The standard InChI is InChI=1S/C45H83O15P/c1-3-5-7-8-9-10-11-12-13-14-15-18-21-24-28-32-38(46)56-34-37(35-57-61(54,55)60-45-43(51)41(49)40(48)42(50)44(45)52)58-39(47)33-29-25-22-19-16-17-20-23-27-31-36(59-53)30-26-6-4-2/h20,23,27,31,36-37,40-45,48-53H,3-19,21-22,24-26,28-30,32-35H2,1-2H3,(H,54,55)/b23-20-,31-27+. The zero-order chi connectivity index (χ0) is 45.1. The van der Waals surface area contributed by atoms with Crippen molar-refractivity contribution in [1.29, 1.82) is 0 Å². The molecule has 7 unspecified atom stereocenters. The van der Waals surface area contributed by atoms with E-state index in [1.165, 1.54) is 70.6 Å². The Kier molecular flexibility index (Phi) is 34.3. The summed E-state index contributed by atoms with van der Waals surface area (Å²) >= 11 is 0. The minimum Gasteiger partial charge on any atom is -0.462 e. The van der Waals surface area contributed by atoms with Gasteiger partial charge in [0.05, 0.1) is 6.61 Å². The van der Waals surface area contributed by atoms with Crippen molar-refractivity contribution in [2.45, 2.75) is 236 Å². The molecule has 1 aliphatic rings. The van der Waals surface area contributed by atoms with Crippen LogP contribution in [0.25, 0.3) is 0 Å². The number of ether oxygens (including phenoxy) is 2. The number of rotatable bonds is 39. The van der Waals surface area contributed by atoms with Crippen molar-refractivity contribution in [3.05, 3.63) is 24.3 Å². The molecule has 1 saturated carbocycles. The van der Waals surface area contributed by atoms with Gasteiger partial charge in [0.15, 0.2) is 6.10 Å². The number of aliphatic hydroxyl groups excluding tert-OH is 5. The number of esters is 2. The fraction of sp³-hybridized carbons (Fsp3) is 0.867. The first-order valence-electron chi connectivity index (χ1n) is 23.4. The monoisotopic (exact) mass is 895 g/mol. The van der Waals surface area contributed by atoms with Crippen molar-refractivity contribution in [3.63, 3.8) is 0 Å². The van der Waals surface area contributed by atoms with E-state index in [9.17, 15) is 44.6 Å². The van der Waals surface area contributed by atoms with Gasteiger partial charge in [-0.15, -0.1) is 0 Å². The van der Waals surface area contributed by atoms with Crippen molar-refractivity contribution in [1.82, 2.24) is 0 Å². The van der Waals surface area contributed by atoms with Crippen molar-refractivity contribution in [2.75, 3.05) is 13.2 Å². The van der Waals surface area contributed by atoms with Gasteiger partial charge < -0.3 is 39.9 Å². The van der Waals surface area contributed by atoms with E-state index in [4.69, 9.17) is 23.8 Å². The molecule has 0 spiro atoms. The van der Waals surface area contributed by atoms with E-state index in [0.29, 0.717) is 12.8 Å². The van der Waals surface area contributed by atoms with Gasteiger partial charge in [-0.1, -0.05) is 167 Å². The van der Waals surface area contributed by atoms with Crippen LogP contribution in [0.4, 0.5) is 0 Å². The molecule has 16 heteroatoms. The Balaban J connectivity index is 2.49. The lowest BCUT2D eigenvalue weighted by molar-refractivity contribution is -0.267. The number of allylic oxidation sites excluding steroid dienone is 3. The van der Waals surface area contributed by atoms with Crippen LogP contribution in [0.2, 0.25) is 0 Å². The van der Waals surface area contributed by atoms with Gasteiger partial charge in [0, 0.05) is 12.8 Å². The number of hydrogen-bond donors (Lipinski definition) is 7. The number of carbonyl (C=O) groups excluding carboxylic acids is 2. The molecule has 61 heavy (non-hydrogen) atoms. The first-order chi connectivity index (χ1) is 29.4. The van der Waals surface area contributed by atoms with Crippen LogP contribution in [0.1, 0.15) is 187 Å². The number of carbonyl (C=O) groups is 2. The third-order valence-corrected chi connectivity index (χ3v) is 12.0. The largest absolute Gasteiger partial charge is 0.472 e. The van der Waals surface area contributed by atoms with Crippen molar-refractivity contribution in [2.24, 2.45) is 0 Å². The highest BCUT2D eigenvalue weighted by Crippen LogP contribution is 2.47. The molecule has 0 heterocycles. The van der Waals surface area contributed by atoms with Crippen LogP contribution >= 0.6 is 7.82 Å². The van der Waals surface area contributed by atoms with Gasteiger partial charge in [-0.2, -0.15) is 0 Å². The van der Waals surface area contributed by atoms with Gasteiger partial charge in [-0.25, -0.2) is 9.45 Å². The fourth-order valence-corrected chi connectivity index (χ4v) is 8.12. The number of phosphoric acid groups is 1. The van der Waals surface area contributed by atoms with Crippen LogP contribution in [-0.2, 0) is 37.6 Å². The SMILES string of the molecule is CCCCCCCCCCCCCCCCCC(=O)OCC(COP(=O)(O)OC1C(O)C(O)C(O)C(O)C1O)OC(=O)CCCCCCC/C=C\C=C\C(CCCCC)OO.